The lowest BCUT2D eigenvalue weighted by Gasteiger charge is -2.34. The monoisotopic (exact) mass is 292 g/mol. The Morgan fingerprint density at radius 1 is 1.52 bits per heavy atom. The maximum absolute atomic E-state index is 11.9. The molecule has 1 fully saturated rings. The molecule has 0 aromatic carbocycles. The zero-order valence-electron chi connectivity index (χ0n) is 12.3. The molecule has 114 valence electrons. The van der Waals surface area contributed by atoms with Gasteiger partial charge in [0.2, 0.25) is 5.91 Å². The summed E-state index contributed by atoms with van der Waals surface area (Å²) in [4.78, 5) is 29.7. The van der Waals surface area contributed by atoms with Gasteiger partial charge in [-0.05, 0) is 12.1 Å². The quantitative estimate of drug-likeness (QED) is 0.720. The van der Waals surface area contributed by atoms with Crippen molar-refractivity contribution in [2.75, 3.05) is 33.8 Å². The largest absolute Gasteiger partial charge is 0.464 e. The Morgan fingerprint density at radius 2 is 2.33 bits per heavy atom. The van der Waals surface area contributed by atoms with Crippen LogP contribution in [-0.4, -0.2) is 61.6 Å². The third-order valence-electron chi connectivity index (χ3n) is 3.47. The molecule has 21 heavy (non-hydrogen) atoms. The van der Waals surface area contributed by atoms with Gasteiger partial charge in [-0.25, -0.2) is 9.78 Å². The van der Waals surface area contributed by atoms with Crippen LogP contribution in [0, 0.1) is 0 Å². The highest BCUT2D eigenvalue weighted by atomic mass is 16.5. The number of likely N-dealkylation sites (N-methyl/N-ethyl adjacent to an activating group) is 1. The normalized spacial score (nSPS) is 19.0. The summed E-state index contributed by atoms with van der Waals surface area (Å²) in [6.07, 6.45) is 0. The van der Waals surface area contributed by atoms with Gasteiger partial charge in [0.15, 0.2) is 0 Å². The molecule has 1 atom stereocenters. The highest BCUT2D eigenvalue weighted by molar-refractivity contribution is 5.87. The topological polar surface area (TPSA) is 83.6 Å². The zero-order valence-corrected chi connectivity index (χ0v) is 12.3. The van der Waals surface area contributed by atoms with E-state index in [0.717, 1.165) is 18.8 Å². The molecule has 2 heterocycles. The number of nitrogens with zero attached hydrogens (tertiary/aromatic N) is 2. The van der Waals surface area contributed by atoms with Crippen molar-refractivity contribution in [1.29, 1.82) is 0 Å². The molecule has 0 bridgehead atoms. The third kappa shape index (κ3) is 3.77. The number of piperazine rings is 1. The average molecular weight is 292 g/mol. The van der Waals surface area contributed by atoms with E-state index < -0.39 is 5.97 Å². The smallest absolute Gasteiger partial charge is 0.356 e. The van der Waals surface area contributed by atoms with Crippen molar-refractivity contribution in [1.82, 2.24) is 20.5 Å². The van der Waals surface area contributed by atoms with Gasteiger partial charge in [0.05, 0.1) is 12.8 Å². The lowest BCUT2D eigenvalue weighted by atomic mass is 10.1. The Balaban J connectivity index is 2.12. The molecule has 1 aromatic rings. The van der Waals surface area contributed by atoms with Crippen molar-refractivity contribution >= 4 is 11.9 Å². The van der Waals surface area contributed by atoms with Gasteiger partial charge in [0.1, 0.15) is 11.7 Å². The molecule has 1 amide bonds. The standard InChI is InChI=1S/C14H20N4O3/c1-15-13(19)12-8-16-6-7-18(12)9-10-4-3-5-11(17-10)14(20)21-2/h3-5,12,16H,6-9H2,1-2H3,(H,15,19). The first-order valence-corrected chi connectivity index (χ1v) is 6.86. The maximum Gasteiger partial charge on any atom is 0.356 e. The van der Waals surface area contributed by atoms with Crippen molar-refractivity contribution in [2.45, 2.75) is 12.6 Å². The SMILES string of the molecule is CNC(=O)C1CNCCN1Cc1cccc(C(=O)OC)n1. The Bertz CT molecular complexity index is 521. The lowest BCUT2D eigenvalue weighted by molar-refractivity contribution is -0.126. The number of ether oxygens (including phenoxy) is 1. The molecule has 0 saturated carbocycles. The first-order valence-electron chi connectivity index (χ1n) is 6.86. The number of hydrogen-bond acceptors (Lipinski definition) is 6. The highest BCUT2D eigenvalue weighted by Crippen LogP contribution is 2.10. The molecule has 2 rings (SSSR count). The van der Waals surface area contributed by atoms with E-state index in [4.69, 9.17) is 0 Å². The molecule has 1 saturated heterocycles. The Kier molecular flexibility index (Phi) is 5.24. The fraction of sp³-hybridized carbons (Fsp3) is 0.500. The minimum atomic E-state index is -0.458. The third-order valence-corrected chi connectivity index (χ3v) is 3.47. The molecule has 0 spiro atoms. The number of amides is 1. The summed E-state index contributed by atoms with van der Waals surface area (Å²) in [5, 5.41) is 5.88. The van der Waals surface area contributed by atoms with E-state index in [1.165, 1.54) is 7.11 Å². The van der Waals surface area contributed by atoms with Crippen LogP contribution >= 0.6 is 0 Å². The molecular weight excluding hydrogens is 272 g/mol. The van der Waals surface area contributed by atoms with Crippen LogP contribution in [0.4, 0.5) is 0 Å². The van der Waals surface area contributed by atoms with Crippen molar-refractivity contribution in [3.05, 3.63) is 29.6 Å². The Labute approximate surface area is 123 Å². The summed E-state index contributed by atoms with van der Waals surface area (Å²) < 4.78 is 4.67. The molecule has 1 unspecified atom stereocenters. The molecular formula is C14H20N4O3. The van der Waals surface area contributed by atoms with Gasteiger partial charge in [-0.2, -0.15) is 0 Å². The van der Waals surface area contributed by atoms with E-state index >= 15 is 0 Å². The van der Waals surface area contributed by atoms with E-state index in [-0.39, 0.29) is 17.6 Å². The summed E-state index contributed by atoms with van der Waals surface area (Å²) in [6.45, 7) is 2.70. The van der Waals surface area contributed by atoms with Crippen molar-refractivity contribution in [3.8, 4) is 0 Å². The fourth-order valence-electron chi connectivity index (χ4n) is 2.35. The van der Waals surface area contributed by atoms with E-state index in [1.807, 2.05) is 6.07 Å². The minimum absolute atomic E-state index is 0.0219. The predicted molar refractivity (Wildman–Crippen MR) is 76.7 cm³/mol. The van der Waals surface area contributed by atoms with Gasteiger partial charge in [0.25, 0.3) is 0 Å². The fourth-order valence-corrected chi connectivity index (χ4v) is 2.35. The Morgan fingerprint density at radius 3 is 3.05 bits per heavy atom. The predicted octanol–water partition coefficient (Wildman–Crippen LogP) is -0.612. The number of carbonyl (C=O) groups is 2. The van der Waals surface area contributed by atoms with Crippen LogP contribution in [0.5, 0.6) is 0 Å². The van der Waals surface area contributed by atoms with E-state index in [9.17, 15) is 9.59 Å². The van der Waals surface area contributed by atoms with Crippen LogP contribution in [0.3, 0.4) is 0 Å². The summed E-state index contributed by atoms with van der Waals surface area (Å²) in [5.74, 6) is -0.480. The lowest BCUT2D eigenvalue weighted by Crippen LogP contribution is -2.57. The number of nitrogens with one attached hydrogen (secondary N) is 2. The van der Waals surface area contributed by atoms with Gasteiger partial charge < -0.3 is 15.4 Å². The summed E-state index contributed by atoms with van der Waals surface area (Å²) in [7, 11) is 2.96. The molecule has 1 aromatic heterocycles. The van der Waals surface area contributed by atoms with Gasteiger partial charge >= 0.3 is 5.97 Å². The number of carbonyl (C=O) groups excluding carboxylic acids is 2. The summed E-state index contributed by atoms with van der Waals surface area (Å²) in [6, 6.07) is 5.00. The second kappa shape index (κ2) is 7.14. The first kappa shape index (κ1) is 15.4. The average Bonchev–Trinajstić information content (AvgIpc) is 2.54. The second-order valence-electron chi connectivity index (χ2n) is 4.81. The molecule has 1 aliphatic heterocycles. The van der Waals surface area contributed by atoms with E-state index in [0.29, 0.717) is 13.1 Å². The van der Waals surface area contributed by atoms with Crippen molar-refractivity contribution in [3.63, 3.8) is 0 Å². The highest BCUT2D eigenvalue weighted by Gasteiger charge is 2.28. The number of rotatable bonds is 4. The van der Waals surface area contributed by atoms with Crippen LogP contribution in [0.15, 0.2) is 18.2 Å². The number of hydrogen-bond donors (Lipinski definition) is 2. The van der Waals surface area contributed by atoms with Crippen LogP contribution in [0.1, 0.15) is 16.2 Å². The molecule has 7 heteroatoms. The van der Waals surface area contributed by atoms with E-state index in [1.54, 1.807) is 19.2 Å². The molecule has 7 nitrogen and oxygen atoms in total. The minimum Gasteiger partial charge on any atom is -0.464 e. The van der Waals surface area contributed by atoms with Crippen molar-refractivity contribution < 1.29 is 14.3 Å². The van der Waals surface area contributed by atoms with Crippen molar-refractivity contribution in [2.24, 2.45) is 0 Å². The number of methoxy groups -OCH3 is 1. The molecule has 1 aliphatic rings. The Hall–Kier alpha value is -1.99. The summed E-state index contributed by atoms with van der Waals surface area (Å²) in [5.41, 5.74) is 1.02. The van der Waals surface area contributed by atoms with Gasteiger partial charge in [-0.1, -0.05) is 6.07 Å². The molecule has 0 aliphatic carbocycles. The van der Waals surface area contributed by atoms with E-state index in [2.05, 4.69) is 25.3 Å². The first-order chi connectivity index (χ1) is 10.2. The van der Waals surface area contributed by atoms with Gasteiger partial charge in [0, 0.05) is 33.2 Å². The van der Waals surface area contributed by atoms with Crippen LogP contribution < -0.4 is 10.6 Å². The van der Waals surface area contributed by atoms with Crippen LogP contribution in [-0.2, 0) is 16.1 Å². The number of esters is 1. The number of aromatic nitrogens is 1. The van der Waals surface area contributed by atoms with Gasteiger partial charge in [-0.3, -0.25) is 9.69 Å². The molecule has 0 radical (unpaired) electrons. The number of pyridine rings is 1. The zero-order chi connectivity index (χ0) is 15.2. The molecule has 2 N–H and O–H groups in total. The van der Waals surface area contributed by atoms with Crippen LogP contribution in [0.25, 0.3) is 0 Å². The maximum atomic E-state index is 11.9. The second-order valence-corrected chi connectivity index (χ2v) is 4.81. The summed E-state index contributed by atoms with van der Waals surface area (Å²) >= 11 is 0. The van der Waals surface area contributed by atoms with Crippen LogP contribution in [0.2, 0.25) is 0 Å². The van der Waals surface area contributed by atoms with Gasteiger partial charge in [-0.15, -0.1) is 0 Å².